The van der Waals surface area contributed by atoms with Gasteiger partial charge in [-0.15, -0.1) is 0 Å². The normalized spacial score (nSPS) is 43.2. The zero-order chi connectivity index (χ0) is 9.42. The minimum absolute atomic E-state index is 0.0438. The summed E-state index contributed by atoms with van der Waals surface area (Å²) in [6.45, 7) is 1.80. The van der Waals surface area contributed by atoms with Crippen molar-refractivity contribution in [3.63, 3.8) is 0 Å². The van der Waals surface area contributed by atoms with Gasteiger partial charge in [-0.25, -0.2) is 0 Å². The van der Waals surface area contributed by atoms with Gasteiger partial charge in [-0.3, -0.25) is 4.79 Å². The van der Waals surface area contributed by atoms with E-state index in [0.717, 1.165) is 0 Å². The molecule has 5 nitrogen and oxygen atoms in total. The van der Waals surface area contributed by atoms with Crippen molar-refractivity contribution >= 4 is 5.97 Å². The van der Waals surface area contributed by atoms with Crippen LogP contribution in [0.5, 0.6) is 0 Å². The number of hydrogen-bond acceptors (Lipinski definition) is 5. The van der Waals surface area contributed by atoms with E-state index in [1.807, 2.05) is 0 Å². The quantitative estimate of drug-likeness (QED) is 0.558. The third-order valence-electron chi connectivity index (χ3n) is 2.25. The Morgan fingerprint density at radius 1 is 1.62 bits per heavy atom. The highest BCUT2D eigenvalue weighted by atomic mass is 16.7. The molecule has 2 heterocycles. The predicted molar refractivity (Wildman–Crippen MR) is 40.8 cm³/mol. The van der Waals surface area contributed by atoms with E-state index >= 15 is 0 Å². The average Bonchev–Trinajstić information content (AvgIpc) is 2.44. The molecule has 0 aromatic rings. The molecule has 4 atom stereocenters. The van der Waals surface area contributed by atoms with Crippen molar-refractivity contribution in [3.8, 4) is 0 Å². The number of carbonyl (C=O) groups excluding carboxylic acids is 1. The van der Waals surface area contributed by atoms with E-state index in [2.05, 4.69) is 0 Å². The molecule has 74 valence electrons. The van der Waals surface area contributed by atoms with Crippen molar-refractivity contribution in [1.29, 1.82) is 0 Å². The Balaban J connectivity index is 2.00. The Hall–Kier alpha value is -0.650. The monoisotopic (exact) mass is 188 g/mol. The number of esters is 1. The molecule has 2 aliphatic rings. The number of rotatable bonds is 1. The van der Waals surface area contributed by atoms with Gasteiger partial charge in [-0.05, 0) is 0 Å². The van der Waals surface area contributed by atoms with Crippen LogP contribution in [0, 0.1) is 0 Å². The first-order chi connectivity index (χ1) is 6.16. The molecule has 2 fully saturated rings. The molecule has 2 bridgehead atoms. The standard InChI is InChI=1S/C8H12O5/c1-4(9)12-6-2-5-3-11-8(13-5)7(6)10/h5-8,10H,2-3H2,1H3/t5-,6-,7-,8+/m0/s1. The molecule has 5 heteroatoms. The zero-order valence-corrected chi connectivity index (χ0v) is 7.30. The average molecular weight is 188 g/mol. The number of carbonyl (C=O) groups is 1. The summed E-state index contributed by atoms with van der Waals surface area (Å²) >= 11 is 0. The van der Waals surface area contributed by atoms with Crippen molar-refractivity contribution < 1.29 is 24.1 Å². The highest BCUT2D eigenvalue weighted by Gasteiger charge is 2.44. The maximum atomic E-state index is 10.7. The molecular weight excluding hydrogens is 176 g/mol. The van der Waals surface area contributed by atoms with E-state index in [0.29, 0.717) is 13.0 Å². The molecule has 1 N–H and O–H groups in total. The zero-order valence-electron chi connectivity index (χ0n) is 7.30. The van der Waals surface area contributed by atoms with Gasteiger partial charge in [0.2, 0.25) is 0 Å². The van der Waals surface area contributed by atoms with Crippen LogP contribution in [0.4, 0.5) is 0 Å². The Morgan fingerprint density at radius 3 is 3.08 bits per heavy atom. The molecule has 0 aromatic carbocycles. The van der Waals surface area contributed by atoms with E-state index in [1.165, 1.54) is 6.92 Å². The second-order valence-electron chi connectivity index (χ2n) is 3.33. The minimum atomic E-state index is -0.859. The summed E-state index contributed by atoms with van der Waals surface area (Å²) in [5.41, 5.74) is 0. The fourth-order valence-corrected chi connectivity index (χ4v) is 1.68. The van der Waals surface area contributed by atoms with Crippen LogP contribution in [0.15, 0.2) is 0 Å². The van der Waals surface area contributed by atoms with Gasteiger partial charge in [0.15, 0.2) is 6.29 Å². The first-order valence-electron chi connectivity index (χ1n) is 4.29. The number of fused-ring (bicyclic) bond motifs is 2. The van der Waals surface area contributed by atoms with Gasteiger partial charge in [0.25, 0.3) is 0 Å². The predicted octanol–water partition coefficient (Wildman–Crippen LogP) is -0.576. The van der Waals surface area contributed by atoms with Crippen LogP contribution >= 0.6 is 0 Å². The highest BCUT2D eigenvalue weighted by molar-refractivity contribution is 5.66. The minimum Gasteiger partial charge on any atom is -0.459 e. The molecule has 0 aromatic heterocycles. The Labute approximate surface area is 75.6 Å². The van der Waals surface area contributed by atoms with Crippen LogP contribution in [0.25, 0.3) is 0 Å². The first kappa shape index (κ1) is 8.93. The van der Waals surface area contributed by atoms with E-state index in [4.69, 9.17) is 14.2 Å². The molecule has 2 saturated heterocycles. The molecule has 0 saturated carbocycles. The summed E-state index contributed by atoms with van der Waals surface area (Å²) < 4.78 is 15.3. The highest BCUT2D eigenvalue weighted by Crippen LogP contribution is 2.29. The lowest BCUT2D eigenvalue weighted by Crippen LogP contribution is -2.45. The topological polar surface area (TPSA) is 65.0 Å². The van der Waals surface area contributed by atoms with Gasteiger partial charge in [0.05, 0.1) is 12.7 Å². The van der Waals surface area contributed by atoms with Crippen molar-refractivity contribution in [3.05, 3.63) is 0 Å². The summed E-state index contributed by atoms with van der Waals surface area (Å²) in [5, 5.41) is 9.58. The van der Waals surface area contributed by atoms with Crippen molar-refractivity contribution in [2.24, 2.45) is 0 Å². The molecule has 2 aliphatic heterocycles. The molecule has 0 spiro atoms. The lowest BCUT2D eigenvalue weighted by molar-refractivity contribution is -0.205. The van der Waals surface area contributed by atoms with Crippen LogP contribution in [-0.2, 0) is 19.0 Å². The largest absolute Gasteiger partial charge is 0.459 e. The molecule has 0 radical (unpaired) electrons. The maximum Gasteiger partial charge on any atom is 0.302 e. The summed E-state index contributed by atoms with van der Waals surface area (Å²) in [6.07, 6.45) is -1.50. The Morgan fingerprint density at radius 2 is 2.38 bits per heavy atom. The smallest absolute Gasteiger partial charge is 0.302 e. The van der Waals surface area contributed by atoms with Crippen LogP contribution < -0.4 is 0 Å². The Bertz CT molecular complexity index is 217. The van der Waals surface area contributed by atoms with E-state index in [1.54, 1.807) is 0 Å². The van der Waals surface area contributed by atoms with E-state index < -0.39 is 18.5 Å². The molecule has 0 aliphatic carbocycles. The van der Waals surface area contributed by atoms with Gasteiger partial charge in [0.1, 0.15) is 12.2 Å². The summed E-state index contributed by atoms with van der Waals surface area (Å²) in [6, 6.07) is 0. The number of hydrogen-bond donors (Lipinski definition) is 1. The third kappa shape index (κ3) is 1.67. The molecular formula is C8H12O5. The van der Waals surface area contributed by atoms with Gasteiger partial charge in [-0.2, -0.15) is 0 Å². The molecule has 0 unspecified atom stereocenters. The van der Waals surface area contributed by atoms with Gasteiger partial charge < -0.3 is 19.3 Å². The van der Waals surface area contributed by atoms with Gasteiger partial charge in [0, 0.05) is 13.3 Å². The van der Waals surface area contributed by atoms with Crippen molar-refractivity contribution in [1.82, 2.24) is 0 Å². The lowest BCUT2D eigenvalue weighted by atomic mass is 10.0. The fraction of sp³-hybridized carbons (Fsp3) is 0.875. The van der Waals surface area contributed by atoms with E-state index in [9.17, 15) is 9.90 Å². The number of aliphatic hydroxyl groups is 1. The molecule has 2 rings (SSSR count). The number of ether oxygens (including phenoxy) is 3. The van der Waals surface area contributed by atoms with Crippen LogP contribution in [-0.4, -0.2) is 42.3 Å². The van der Waals surface area contributed by atoms with Crippen molar-refractivity contribution in [2.75, 3.05) is 6.61 Å². The summed E-state index contributed by atoms with van der Waals surface area (Å²) in [5.74, 6) is -0.384. The van der Waals surface area contributed by atoms with Crippen LogP contribution in [0.3, 0.4) is 0 Å². The maximum absolute atomic E-state index is 10.7. The second-order valence-corrected chi connectivity index (χ2v) is 3.33. The van der Waals surface area contributed by atoms with E-state index in [-0.39, 0.29) is 12.1 Å². The van der Waals surface area contributed by atoms with Crippen molar-refractivity contribution in [2.45, 2.75) is 37.9 Å². The SMILES string of the molecule is CC(=O)O[C@H]1C[C@H]2CO[C@H](O2)[C@H]1O. The lowest BCUT2D eigenvalue weighted by Gasteiger charge is -2.30. The van der Waals surface area contributed by atoms with Crippen LogP contribution in [0.1, 0.15) is 13.3 Å². The fourth-order valence-electron chi connectivity index (χ4n) is 1.68. The first-order valence-corrected chi connectivity index (χ1v) is 4.29. The third-order valence-corrected chi connectivity index (χ3v) is 2.25. The number of aliphatic hydroxyl groups excluding tert-OH is 1. The Kier molecular flexibility index (Phi) is 2.23. The molecule has 0 amide bonds. The summed E-state index contributed by atoms with van der Waals surface area (Å²) in [4.78, 5) is 10.7. The van der Waals surface area contributed by atoms with Gasteiger partial charge in [-0.1, -0.05) is 0 Å². The van der Waals surface area contributed by atoms with Gasteiger partial charge >= 0.3 is 5.97 Å². The second kappa shape index (κ2) is 3.25. The summed E-state index contributed by atoms with van der Waals surface area (Å²) in [7, 11) is 0. The molecule has 13 heavy (non-hydrogen) atoms. The van der Waals surface area contributed by atoms with Crippen LogP contribution in [0.2, 0.25) is 0 Å².